The average molecular weight is 261 g/mol. The zero-order chi connectivity index (χ0) is 13.1. The van der Waals surface area contributed by atoms with Gasteiger partial charge in [0.25, 0.3) is 0 Å². The van der Waals surface area contributed by atoms with Crippen LogP contribution in [0.15, 0.2) is 24.3 Å². The third-order valence-corrected chi connectivity index (χ3v) is 4.09. The van der Waals surface area contributed by atoms with Crippen molar-refractivity contribution in [3.8, 4) is 0 Å². The fourth-order valence-electron chi connectivity index (χ4n) is 3.10. The maximum absolute atomic E-state index is 10.3. The predicted molar refractivity (Wildman–Crippen MR) is 77.7 cm³/mol. The van der Waals surface area contributed by atoms with Crippen LogP contribution in [0.1, 0.15) is 5.56 Å². The monoisotopic (exact) mass is 261 g/mol. The molecule has 3 rings (SSSR count). The Morgan fingerprint density at radius 2 is 1.89 bits per heavy atom. The normalized spacial score (nSPS) is 21.4. The smallest absolute Gasteiger partial charge is 0.0841 e. The van der Waals surface area contributed by atoms with E-state index in [2.05, 4.69) is 39.4 Å². The summed E-state index contributed by atoms with van der Waals surface area (Å²) < 4.78 is 0. The van der Waals surface area contributed by atoms with Gasteiger partial charge in [-0.25, -0.2) is 0 Å². The lowest BCUT2D eigenvalue weighted by Gasteiger charge is -2.31. The molecule has 1 atom stereocenters. The first-order chi connectivity index (χ1) is 9.33. The van der Waals surface area contributed by atoms with Crippen molar-refractivity contribution in [1.29, 1.82) is 0 Å². The van der Waals surface area contributed by atoms with Crippen molar-refractivity contribution in [2.75, 3.05) is 50.7 Å². The molecule has 0 spiro atoms. The van der Waals surface area contributed by atoms with Gasteiger partial charge >= 0.3 is 0 Å². The summed E-state index contributed by atoms with van der Waals surface area (Å²) in [7, 11) is 0. The molecule has 0 bridgehead atoms. The summed E-state index contributed by atoms with van der Waals surface area (Å²) in [5.41, 5.74) is 2.72. The standard InChI is InChI=1S/C15H23N3O/c19-14(11-17-9-6-16-7-10-17)12-18-8-5-13-3-1-2-4-15(13)18/h1-4,14,16,19H,5-12H2. The molecule has 2 aliphatic heterocycles. The molecule has 2 N–H and O–H groups in total. The number of β-amino-alcohol motifs (C(OH)–C–C–N with tert-alkyl or cyclic N) is 1. The third kappa shape index (κ3) is 3.08. The molecule has 0 radical (unpaired) electrons. The van der Waals surface area contributed by atoms with Crippen molar-refractivity contribution < 1.29 is 5.11 Å². The van der Waals surface area contributed by atoms with E-state index in [1.165, 1.54) is 11.3 Å². The molecule has 0 aliphatic carbocycles. The minimum atomic E-state index is -0.260. The quantitative estimate of drug-likeness (QED) is 0.818. The van der Waals surface area contributed by atoms with Crippen LogP contribution in [-0.2, 0) is 6.42 Å². The summed E-state index contributed by atoms with van der Waals surface area (Å²) in [6.07, 6.45) is 0.848. The molecule has 2 aliphatic rings. The third-order valence-electron chi connectivity index (χ3n) is 4.09. The van der Waals surface area contributed by atoms with Gasteiger partial charge in [0.05, 0.1) is 6.10 Å². The maximum Gasteiger partial charge on any atom is 0.0841 e. The Morgan fingerprint density at radius 1 is 1.11 bits per heavy atom. The first-order valence-corrected chi connectivity index (χ1v) is 7.27. The summed E-state index contributed by atoms with van der Waals surface area (Å²) in [5, 5.41) is 13.6. The molecular weight excluding hydrogens is 238 g/mol. The molecule has 4 nitrogen and oxygen atoms in total. The lowest BCUT2D eigenvalue weighted by atomic mass is 10.2. The highest BCUT2D eigenvalue weighted by atomic mass is 16.3. The van der Waals surface area contributed by atoms with E-state index in [0.717, 1.165) is 52.2 Å². The van der Waals surface area contributed by atoms with E-state index in [0.29, 0.717) is 0 Å². The summed E-state index contributed by atoms with van der Waals surface area (Å²) >= 11 is 0. The van der Waals surface area contributed by atoms with Crippen LogP contribution >= 0.6 is 0 Å². The molecule has 0 saturated carbocycles. The zero-order valence-electron chi connectivity index (χ0n) is 11.4. The van der Waals surface area contributed by atoms with Crippen LogP contribution < -0.4 is 10.2 Å². The number of hydrogen-bond donors (Lipinski definition) is 2. The van der Waals surface area contributed by atoms with Crippen molar-refractivity contribution in [1.82, 2.24) is 10.2 Å². The molecule has 0 aromatic heterocycles. The lowest BCUT2D eigenvalue weighted by molar-refractivity contribution is 0.109. The van der Waals surface area contributed by atoms with E-state index in [-0.39, 0.29) is 6.10 Å². The van der Waals surface area contributed by atoms with Gasteiger partial charge in [0.2, 0.25) is 0 Å². The number of fused-ring (bicyclic) bond motifs is 1. The zero-order valence-corrected chi connectivity index (χ0v) is 11.4. The molecule has 1 aromatic rings. The van der Waals surface area contributed by atoms with Gasteiger partial charge in [0.15, 0.2) is 0 Å². The molecule has 1 aromatic carbocycles. The molecular formula is C15H23N3O. The number of aliphatic hydroxyl groups excluding tert-OH is 1. The number of benzene rings is 1. The maximum atomic E-state index is 10.3. The van der Waals surface area contributed by atoms with Crippen LogP contribution in [0.25, 0.3) is 0 Å². The topological polar surface area (TPSA) is 38.7 Å². The van der Waals surface area contributed by atoms with Gasteiger partial charge in [-0.3, -0.25) is 4.90 Å². The molecule has 1 unspecified atom stereocenters. The van der Waals surface area contributed by atoms with Crippen molar-refractivity contribution in [3.63, 3.8) is 0 Å². The molecule has 1 saturated heterocycles. The lowest BCUT2D eigenvalue weighted by Crippen LogP contribution is -2.48. The van der Waals surface area contributed by atoms with Crippen molar-refractivity contribution in [2.24, 2.45) is 0 Å². The summed E-state index contributed by atoms with van der Waals surface area (Å²) in [5.74, 6) is 0. The average Bonchev–Trinajstić information content (AvgIpc) is 2.83. The Labute approximate surface area is 115 Å². The number of hydrogen-bond acceptors (Lipinski definition) is 4. The molecule has 1 fully saturated rings. The first kappa shape index (κ1) is 12.9. The summed E-state index contributed by atoms with van der Waals surface area (Å²) in [6.45, 7) is 6.76. The molecule has 19 heavy (non-hydrogen) atoms. The highest BCUT2D eigenvalue weighted by molar-refractivity contribution is 5.57. The Bertz CT molecular complexity index is 418. The number of nitrogens with one attached hydrogen (secondary N) is 1. The minimum Gasteiger partial charge on any atom is -0.390 e. The largest absolute Gasteiger partial charge is 0.390 e. The number of para-hydroxylation sites is 1. The second-order valence-corrected chi connectivity index (χ2v) is 5.53. The van der Waals surface area contributed by atoms with E-state index >= 15 is 0 Å². The summed E-state index contributed by atoms with van der Waals surface area (Å²) in [4.78, 5) is 4.67. The first-order valence-electron chi connectivity index (χ1n) is 7.27. The van der Waals surface area contributed by atoms with Gasteiger partial charge in [-0.1, -0.05) is 18.2 Å². The second-order valence-electron chi connectivity index (χ2n) is 5.53. The van der Waals surface area contributed by atoms with Gasteiger partial charge in [0.1, 0.15) is 0 Å². The van der Waals surface area contributed by atoms with Crippen molar-refractivity contribution >= 4 is 5.69 Å². The fraction of sp³-hybridized carbons (Fsp3) is 0.600. The van der Waals surface area contributed by atoms with Gasteiger partial charge in [-0.05, 0) is 18.1 Å². The van der Waals surface area contributed by atoms with Crippen LogP contribution in [0.3, 0.4) is 0 Å². The van der Waals surface area contributed by atoms with E-state index in [9.17, 15) is 5.11 Å². The predicted octanol–water partition coefficient (Wildman–Crippen LogP) is 0.315. The second kappa shape index (κ2) is 5.90. The van der Waals surface area contributed by atoms with Crippen LogP contribution in [0.4, 0.5) is 5.69 Å². The van der Waals surface area contributed by atoms with Gasteiger partial charge in [-0.15, -0.1) is 0 Å². The van der Waals surface area contributed by atoms with Crippen LogP contribution in [0, 0.1) is 0 Å². The van der Waals surface area contributed by atoms with E-state index in [1.54, 1.807) is 0 Å². The number of nitrogens with zero attached hydrogens (tertiary/aromatic N) is 2. The van der Waals surface area contributed by atoms with Gasteiger partial charge in [-0.2, -0.15) is 0 Å². The van der Waals surface area contributed by atoms with Crippen LogP contribution in [-0.4, -0.2) is 61.9 Å². The highest BCUT2D eigenvalue weighted by Gasteiger charge is 2.22. The number of aliphatic hydroxyl groups is 1. The van der Waals surface area contributed by atoms with Gasteiger partial charge in [0, 0.05) is 51.5 Å². The Hall–Kier alpha value is -1.10. The van der Waals surface area contributed by atoms with Crippen LogP contribution in [0.5, 0.6) is 0 Å². The Balaban J connectivity index is 1.54. The number of anilines is 1. The van der Waals surface area contributed by atoms with E-state index in [1.807, 2.05) is 0 Å². The Kier molecular flexibility index (Phi) is 4.01. The fourth-order valence-corrected chi connectivity index (χ4v) is 3.10. The highest BCUT2D eigenvalue weighted by Crippen LogP contribution is 2.27. The van der Waals surface area contributed by atoms with Crippen molar-refractivity contribution in [2.45, 2.75) is 12.5 Å². The SMILES string of the molecule is OC(CN1CCNCC1)CN1CCc2ccccc21. The van der Waals surface area contributed by atoms with Crippen molar-refractivity contribution in [3.05, 3.63) is 29.8 Å². The van der Waals surface area contributed by atoms with Crippen LogP contribution in [0.2, 0.25) is 0 Å². The molecule has 4 heteroatoms. The number of rotatable bonds is 4. The number of piperazine rings is 1. The summed E-state index contributed by atoms with van der Waals surface area (Å²) in [6, 6.07) is 8.54. The van der Waals surface area contributed by atoms with Gasteiger partial charge < -0.3 is 15.3 Å². The minimum absolute atomic E-state index is 0.260. The van der Waals surface area contributed by atoms with E-state index < -0.39 is 0 Å². The Morgan fingerprint density at radius 3 is 2.74 bits per heavy atom. The molecule has 104 valence electrons. The molecule has 2 heterocycles. The molecule has 0 amide bonds. The van der Waals surface area contributed by atoms with E-state index in [4.69, 9.17) is 0 Å².